The Morgan fingerprint density at radius 1 is 0.742 bits per heavy atom. The van der Waals surface area contributed by atoms with Crippen LogP contribution in [0, 0.1) is 0 Å². The molecule has 0 spiro atoms. The summed E-state index contributed by atoms with van der Waals surface area (Å²) in [5, 5.41) is 0. The Kier molecular flexibility index (Phi) is 19.2. The number of unbranched alkanes of at least 4 members (excludes halogenated alkanes) is 13. The molecule has 0 rings (SSSR count). The second kappa shape index (κ2) is 19.3. The van der Waals surface area contributed by atoms with E-state index in [1.807, 2.05) is 28.1 Å². The van der Waals surface area contributed by atoms with Crippen LogP contribution in [-0.4, -0.2) is 42.9 Å². The Bertz CT molecular complexity index is 474. The summed E-state index contributed by atoms with van der Waals surface area (Å²) < 4.78 is 18.6. The van der Waals surface area contributed by atoms with E-state index in [1.54, 1.807) is 0 Å². The summed E-state index contributed by atoms with van der Waals surface area (Å²) in [6.07, 6.45) is 25.5. The molecule has 4 nitrogen and oxygen atoms in total. The number of nitrogens with zero attached hydrogens (tertiary/aromatic N) is 1. The molecule has 5 heteroatoms. The van der Waals surface area contributed by atoms with Crippen LogP contribution in [0.2, 0.25) is 0 Å². The van der Waals surface area contributed by atoms with Crippen molar-refractivity contribution >= 4 is 7.60 Å². The highest BCUT2D eigenvalue weighted by Crippen LogP contribution is 2.51. The normalized spacial score (nSPS) is 15.4. The van der Waals surface area contributed by atoms with Crippen molar-refractivity contribution in [1.82, 2.24) is 0 Å². The summed E-state index contributed by atoms with van der Waals surface area (Å²) in [5.74, 6) is -0.339. The van der Waals surface area contributed by atoms with E-state index < -0.39 is 7.60 Å². The SMILES string of the molecule is CCCCCCCCCCCC=CCCCCCCOP(=O)(O)C(CCC)[N+](C)(C)C. The monoisotopic (exact) mass is 460 g/mol. The largest absolute Gasteiger partial charge is 0.385 e. The minimum absolute atomic E-state index is 0.339. The highest BCUT2D eigenvalue weighted by Gasteiger charge is 2.41. The number of hydrogen-bond donors (Lipinski definition) is 1. The summed E-state index contributed by atoms with van der Waals surface area (Å²) in [6.45, 7) is 4.72. The molecule has 0 bridgehead atoms. The van der Waals surface area contributed by atoms with Gasteiger partial charge in [-0.1, -0.05) is 90.2 Å². The number of rotatable bonds is 22. The molecule has 0 aliphatic rings. The summed E-state index contributed by atoms with van der Waals surface area (Å²) in [4.78, 5) is 10.4. The van der Waals surface area contributed by atoms with E-state index in [-0.39, 0.29) is 5.78 Å². The lowest BCUT2D eigenvalue weighted by molar-refractivity contribution is -0.883. The lowest BCUT2D eigenvalue weighted by Gasteiger charge is -2.35. The first-order chi connectivity index (χ1) is 14.8. The highest BCUT2D eigenvalue weighted by molar-refractivity contribution is 7.53. The molecule has 1 N–H and O–H groups in total. The van der Waals surface area contributed by atoms with Gasteiger partial charge in [-0.05, 0) is 38.5 Å². The van der Waals surface area contributed by atoms with Crippen LogP contribution in [0.1, 0.15) is 123 Å². The zero-order valence-electron chi connectivity index (χ0n) is 21.6. The van der Waals surface area contributed by atoms with Gasteiger partial charge in [0, 0.05) is 6.42 Å². The molecule has 0 saturated carbocycles. The lowest BCUT2D eigenvalue weighted by atomic mass is 10.1. The van der Waals surface area contributed by atoms with E-state index >= 15 is 0 Å². The van der Waals surface area contributed by atoms with Crippen molar-refractivity contribution < 1.29 is 18.5 Å². The first-order valence-electron chi connectivity index (χ1n) is 13.2. The van der Waals surface area contributed by atoms with Crippen molar-refractivity contribution in [3.05, 3.63) is 12.2 Å². The summed E-state index contributed by atoms with van der Waals surface area (Å²) >= 11 is 0. The van der Waals surface area contributed by atoms with Gasteiger partial charge in [0.05, 0.1) is 27.7 Å². The molecule has 0 aromatic carbocycles. The zero-order valence-corrected chi connectivity index (χ0v) is 22.5. The van der Waals surface area contributed by atoms with Crippen LogP contribution in [0.5, 0.6) is 0 Å². The molecule has 2 unspecified atom stereocenters. The molecular weight excluding hydrogens is 405 g/mol. The predicted octanol–water partition coefficient (Wildman–Crippen LogP) is 8.45. The van der Waals surface area contributed by atoms with Gasteiger partial charge in [-0.2, -0.15) is 0 Å². The number of hydrogen-bond acceptors (Lipinski definition) is 2. The van der Waals surface area contributed by atoms with Gasteiger partial charge < -0.3 is 13.9 Å². The number of allylic oxidation sites excluding steroid dienone is 2. The third-order valence-corrected chi connectivity index (χ3v) is 8.26. The second-order valence-electron chi connectivity index (χ2n) is 10.1. The van der Waals surface area contributed by atoms with Gasteiger partial charge in [0.2, 0.25) is 0 Å². The quantitative estimate of drug-likeness (QED) is 0.0763. The van der Waals surface area contributed by atoms with Gasteiger partial charge >= 0.3 is 7.60 Å². The molecule has 0 aliphatic heterocycles. The molecule has 0 heterocycles. The van der Waals surface area contributed by atoms with Crippen LogP contribution in [0.15, 0.2) is 12.2 Å². The van der Waals surface area contributed by atoms with Crippen LogP contribution < -0.4 is 0 Å². The standard InChI is InChI=1S/C26H54NO3P/c1-6-8-9-10-11-12-13-14-15-16-17-18-19-20-21-22-23-25-30-31(28,29)26(24-7-2)27(3,4)5/h17-18,26H,6-16,19-25H2,1-5H3/p+1. The molecule has 0 radical (unpaired) electrons. The molecule has 186 valence electrons. The van der Waals surface area contributed by atoms with Gasteiger partial charge in [-0.15, -0.1) is 0 Å². The molecule has 0 amide bonds. The fourth-order valence-corrected chi connectivity index (χ4v) is 6.08. The molecule has 0 aromatic rings. The van der Waals surface area contributed by atoms with Crippen LogP contribution in [-0.2, 0) is 9.09 Å². The van der Waals surface area contributed by atoms with Crippen molar-refractivity contribution in [2.75, 3.05) is 27.7 Å². The van der Waals surface area contributed by atoms with Crippen LogP contribution >= 0.6 is 7.60 Å². The van der Waals surface area contributed by atoms with E-state index in [0.717, 1.165) is 32.1 Å². The Morgan fingerprint density at radius 2 is 1.19 bits per heavy atom. The maximum Gasteiger partial charge on any atom is 0.385 e. The van der Waals surface area contributed by atoms with Crippen molar-refractivity contribution in [3.8, 4) is 0 Å². The maximum absolute atomic E-state index is 12.6. The summed E-state index contributed by atoms with van der Waals surface area (Å²) in [6, 6.07) is 0. The molecule has 0 aliphatic carbocycles. The number of quaternary nitrogens is 1. The Hall–Kier alpha value is -0.150. The van der Waals surface area contributed by atoms with Crippen LogP contribution in [0.4, 0.5) is 0 Å². The molecule has 2 atom stereocenters. The van der Waals surface area contributed by atoms with Gasteiger partial charge in [-0.25, -0.2) is 0 Å². The van der Waals surface area contributed by atoms with Gasteiger partial charge in [0.25, 0.3) is 0 Å². The smallest absolute Gasteiger partial charge is 0.320 e. The average molecular weight is 461 g/mol. The Morgan fingerprint density at radius 3 is 1.65 bits per heavy atom. The Labute approximate surface area is 195 Å². The third-order valence-electron chi connectivity index (χ3n) is 6.00. The molecule has 0 saturated heterocycles. The topological polar surface area (TPSA) is 46.5 Å². The maximum atomic E-state index is 12.6. The van der Waals surface area contributed by atoms with Gasteiger partial charge in [-0.3, -0.25) is 4.57 Å². The van der Waals surface area contributed by atoms with Crippen molar-refractivity contribution in [2.45, 2.75) is 129 Å². The van der Waals surface area contributed by atoms with E-state index in [0.29, 0.717) is 17.5 Å². The van der Waals surface area contributed by atoms with Crippen molar-refractivity contribution in [1.29, 1.82) is 0 Å². The molecule has 31 heavy (non-hydrogen) atoms. The van der Waals surface area contributed by atoms with E-state index in [1.165, 1.54) is 70.6 Å². The Balaban J connectivity index is 3.59. The molecule has 0 aromatic heterocycles. The molecular formula is C26H55NO3P+. The minimum atomic E-state index is -3.57. The lowest BCUT2D eigenvalue weighted by Crippen LogP contribution is -2.45. The first kappa shape index (κ1) is 30.9. The minimum Gasteiger partial charge on any atom is -0.320 e. The zero-order chi connectivity index (χ0) is 23.4. The predicted molar refractivity (Wildman–Crippen MR) is 137 cm³/mol. The summed E-state index contributed by atoms with van der Waals surface area (Å²) in [5.41, 5.74) is 0. The second-order valence-corrected chi connectivity index (χ2v) is 12.1. The first-order valence-corrected chi connectivity index (χ1v) is 14.8. The van der Waals surface area contributed by atoms with Crippen molar-refractivity contribution in [3.63, 3.8) is 0 Å². The molecule has 0 fully saturated rings. The van der Waals surface area contributed by atoms with Crippen molar-refractivity contribution in [2.24, 2.45) is 0 Å². The summed E-state index contributed by atoms with van der Waals surface area (Å²) in [7, 11) is 2.33. The average Bonchev–Trinajstić information content (AvgIpc) is 2.70. The highest BCUT2D eigenvalue weighted by atomic mass is 31.2. The van der Waals surface area contributed by atoms with Gasteiger partial charge in [0.1, 0.15) is 0 Å². The van der Waals surface area contributed by atoms with Gasteiger partial charge in [0.15, 0.2) is 5.78 Å². The fraction of sp³-hybridized carbons (Fsp3) is 0.923. The van der Waals surface area contributed by atoms with E-state index in [4.69, 9.17) is 4.52 Å². The van der Waals surface area contributed by atoms with Crippen LogP contribution in [0.25, 0.3) is 0 Å². The van der Waals surface area contributed by atoms with E-state index in [2.05, 4.69) is 19.1 Å². The third kappa shape index (κ3) is 18.0. The van der Waals surface area contributed by atoms with E-state index in [9.17, 15) is 9.46 Å². The fourth-order valence-electron chi connectivity index (χ4n) is 4.05. The van der Waals surface area contributed by atoms with Crippen LogP contribution in [0.3, 0.4) is 0 Å².